The molecule has 0 aliphatic heterocycles. The van der Waals surface area contributed by atoms with Crippen LogP contribution in [0.5, 0.6) is 0 Å². The van der Waals surface area contributed by atoms with E-state index in [2.05, 4.69) is 30.6 Å². The van der Waals surface area contributed by atoms with E-state index in [1.165, 1.54) is 20.6 Å². The number of amides is 3. The van der Waals surface area contributed by atoms with Crippen LogP contribution in [0, 0.1) is 0 Å². The van der Waals surface area contributed by atoms with E-state index >= 15 is 0 Å². The largest absolute Gasteiger partial charge is 0.444 e. The van der Waals surface area contributed by atoms with E-state index < -0.39 is 11.7 Å². The number of H-pyrrole nitrogens is 1. The van der Waals surface area contributed by atoms with Gasteiger partial charge in [-0.25, -0.2) is 19.6 Å². The van der Waals surface area contributed by atoms with E-state index in [1.54, 1.807) is 54.0 Å². The molecule has 41 heavy (non-hydrogen) atoms. The molecule has 0 saturated heterocycles. The van der Waals surface area contributed by atoms with Crippen LogP contribution in [0.3, 0.4) is 0 Å². The number of fused-ring (bicyclic) bond motifs is 1. The van der Waals surface area contributed by atoms with E-state index in [-0.39, 0.29) is 36.6 Å². The van der Waals surface area contributed by atoms with Crippen molar-refractivity contribution in [2.75, 3.05) is 24.3 Å². The maximum absolute atomic E-state index is 13.3. The van der Waals surface area contributed by atoms with Crippen molar-refractivity contribution in [3.63, 3.8) is 0 Å². The van der Waals surface area contributed by atoms with Crippen molar-refractivity contribution in [3.8, 4) is 0 Å². The van der Waals surface area contributed by atoms with Gasteiger partial charge in [-0.2, -0.15) is 4.98 Å². The fourth-order valence-electron chi connectivity index (χ4n) is 4.05. The first-order valence-electron chi connectivity index (χ1n) is 12.7. The molecule has 13 nitrogen and oxygen atoms in total. The van der Waals surface area contributed by atoms with Gasteiger partial charge in [-0.15, -0.1) is 0 Å². The molecule has 216 valence electrons. The predicted molar refractivity (Wildman–Crippen MR) is 156 cm³/mol. The highest BCUT2D eigenvalue weighted by Gasteiger charge is 2.25. The third-order valence-corrected chi connectivity index (χ3v) is 6.30. The number of ether oxygens (including phenoxy) is 1. The molecule has 0 fully saturated rings. The number of nitrogens with zero attached hydrogens (tertiary/aromatic N) is 6. The first-order valence-corrected chi connectivity index (χ1v) is 13.1. The van der Waals surface area contributed by atoms with E-state index in [1.807, 2.05) is 18.2 Å². The maximum atomic E-state index is 13.3. The summed E-state index contributed by atoms with van der Waals surface area (Å²) < 4.78 is 6.75. The van der Waals surface area contributed by atoms with E-state index in [9.17, 15) is 14.4 Å². The van der Waals surface area contributed by atoms with Crippen molar-refractivity contribution in [1.29, 1.82) is 0 Å². The molecule has 0 spiro atoms. The number of nitrogens with one attached hydrogen (secondary N) is 3. The van der Waals surface area contributed by atoms with Crippen LogP contribution in [0.25, 0.3) is 10.9 Å². The first-order chi connectivity index (χ1) is 19.4. The summed E-state index contributed by atoms with van der Waals surface area (Å²) in [6.45, 7) is 5.63. The molecule has 3 amide bonds. The lowest BCUT2D eigenvalue weighted by atomic mass is 10.2. The third kappa shape index (κ3) is 6.92. The highest BCUT2D eigenvalue weighted by molar-refractivity contribution is 6.35. The zero-order valence-corrected chi connectivity index (χ0v) is 24.4. The average molecular weight is 582 g/mol. The Morgan fingerprint density at radius 2 is 1.95 bits per heavy atom. The van der Waals surface area contributed by atoms with Gasteiger partial charge in [0.25, 0.3) is 0 Å². The Bertz CT molecular complexity index is 1590. The summed E-state index contributed by atoms with van der Waals surface area (Å²) in [6, 6.07) is 8.71. The van der Waals surface area contributed by atoms with Gasteiger partial charge in [0.15, 0.2) is 12.1 Å². The summed E-state index contributed by atoms with van der Waals surface area (Å²) in [5.74, 6) is 1.15. The van der Waals surface area contributed by atoms with Crippen LogP contribution in [0.2, 0.25) is 5.02 Å². The number of carbonyl (C=O) groups is 3. The standard InChI is InChI=1S/C27H32ClN9O4/c1-27(2,3)41-25(39)30-13-22-29-11-10-21(32-22)33-24-34-23(20(15-38)36(24)5)37(6)26(40)35(4)14-16-12-17-18(28)8-7-9-19(17)31-16/h7-12,15,31H,13-14H2,1-6H3,(H,30,39)(H,29,32,33,34). The van der Waals surface area contributed by atoms with Crippen molar-refractivity contribution in [1.82, 2.24) is 34.7 Å². The number of imidazole rings is 1. The number of alkyl carbamates (subject to hydrolysis) is 1. The van der Waals surface area contributed by atoms with E-state index in [0.29, 0.717) is 23.0 Å². The Balaban J connectivity index is 1.46. The number of anilines is 3. The Hall–Kier alpha value is -4.65. The van der Waals surface area contributed by atoms with Crippen LogP contribution in [0.4, 0.5) is 27.2 Å². The quantitative estimate of drug-likeness (QED) is 0.255. The number of halogens is 1. The van der Waals surface area contributed by atoms with Gasteiger partial charge in [0.1, 0.15) is 22.9 Å². The van der Waals surface area contributed by atoms with Crippen molar-refractivity contribution in [3.05, 3.63) is 58.8 Å². The SMILES string of the molecule is CN(Cc1cc2c(Cl)cccc2[nH]1)C(=O)N(C)c1nc(Nc2ccnc(CNC(=O)OC(C)(C)C)n2)n(C)c1C=O. The molecule has 14 heteroatoms. The number of aromatic nitrogens is 5. The highest BCUT2D eigenvalue weighted by Crippen LogP contribution is 2.26. The van der Waals surface area contributed by atoms with Crippen LogP contribution in [-0.4, -0.2) is 67.5 Å². The van der Waals surface area contributed by atoms with E-state index in [0.717, 1.165) is 16.6 Å². The van der Waals surface area contributed by atoms with Gasteiger partial charge in [-0.05, 0) is 45.0 Å². The van der Waals surface area contributed by atoms with Crippen molar-refractivity contribution in [2.24, 2.45) is 7.05 Å². The molecule has 0 aliphatic carbocycles. The minimum atomic E-state index is -0.630. The molecule has 0 unspecified atom stereocenters. The maximum Gasteiger partial charge on any atom is 0.408 e. The van der Waals surface area contributed by atoms with Gasteiger partial charge >= 0.3 is 12.1 Å². The second kappa shape index (κ2) is 11.8. The summed E-state index contributed by atoms with van der Waals surface area (Å²) in [5, 5.41) is 7.14. The lowest BCUT2D eigenvalue weighted by Crippen LogP contribution is -2.39. The fourth-order valence-corrected chi connectivity index (χ4v) is 4.28. The zero-order chi connectivity index (χ0) is 29.9. The molecule has 3 N–H and O–H groups in total. The number of benzene rings is 1. The number of hydrogen-bond acceptors (Lipinski definition) is 8. The lowest BCUT2D eigenvalue weighted by Gasteiger charge is -2.23. The number of rotatable bonds is 8. The van der Waals surface area contributed by atoms with Crippen molar-refractivity contribution >= 4 is 58.5 Å². The molecule has 4 rings (SSSR count). The van der Waals surface area contributed by atoms with Gasteiger partial charge in [-0.3, -0.25) is 9.69 Å². The molecule has 0 radical (unpaired) electrons. The van der Waals surface area contributed by atoms with Gasteiger partial charge in [0.05, 0.1) is 13.1 Å². The molecular formula is C27H32ClN9O4. The molecule has 1 aromatic carbocycles. The summed E-state index contributed by atoms with van der Waals surface area (Å²) in [7, 11) is 4.85. The molecule has 3 heterocycles. The van der Waals surface area contributed by atoms with Gasteiger partial charge in [-0.1, -0.05) is 17.7 Å². The number of aromatic amines is 1. The van der Waals surface area contributed by atoms with Crippen molar-refractivity contribution in [2.45, 2.75) is 39.5 Å². The Kier molecular flexibility index (Phi) is 8.47. The number of urea groups is 1. The van der Waals surface area contributed by atoms with Crippen LogP contribution < -0.4 is 15.5 Å². The monoisotopic (exact) mass is 581 g/mol. The fraction of sp³-hybridized carbons (Fsp3) is 0.333. The second-order valence-corrected chi connectivity index (χ2v) is 10.8. The highest BCUT2D eigenvalue weighted by atomic mass is 35.5. The lowest BCUT2D eigenvalue weighted by molar-refractivity contribution is 0.0522. The molecule has 4 aromatic rings. The summed E-state index contributed by atoms with van der Waals surface area (Å²) >= 11 is 6.28. The summed E-state index contributed by atoms with van der Waals surface area (Å²) in [5.41, 5.74) is 1.24. The number of hydrogen-bond donors (Lipinski definition) is 3. The van der Waals surface area contributed by atoms with Gasteiger partial charge in [0.2, 0.25) is 5.95 Å². The van der Waals surface area contributed by atoms with Crippen LogP contribution in [0.15, 0.2) is 36.5 Å². The van der Waals surface area contributed by atoms with Crippen molar-refractivity contribution < 1.29 is 19.1 Å². The summed E-state index contributed by atoms with van der Waals surface area (Å²) in [6.07, 6.45) is 1.57. The Morgan fingerprint density at radius 1 is 1.20 bits per heavy atom. The smallest absolute Gasteiger partial charge is 0.408 e. The molecule has 0 bridgehead atoms. The predicted octanol–water partition coefficient (Wildman–Crippen LogP) is 4.61. The number of carbonyl (C=O) groups excluding carboxylic acids is 3. The van der Waals surface area contributed by atoms with E-state index in [4.69, 9.17) is 16.3 Å². The average Bonchev–Trinajstić information content (AvgIpc) is 3.46. The molecule has 0 saturated carbocycles. The molecule has 3 aromatic heterocycles. The van der Waals surface area contributed by atoms with Crippen LogP contribution >= 0.6 is 11.6 Å². The summed E-state index contributed by atoms with van der Waals surface area (Å²) in [4.78, 5) is 56.4. The van der Waals surface area contributed by atoms with Gasteiger partial charge < -0.3 is 29.8 Å². The number of aldehydes is 1. The molecular weight excluding hydrogens is 550 g/mol. The zero-order valence-electron chi connectivity index (χ0n) is 23.6. The second-order valence-electron chi connectivity index (χ2n) is 10.4. The van der Waals surface area contributed by atoms with Gasteiger partial charge in [0, 0.05) is 49.0 Å². The minimum absolute atomic E-state index is 0.0436. The Labute approximate surface area is 241 Å². The van der Waals surface area contributed by atoms with Crippen LogP contribution in [0.1, 0.15) is 42.8 Å². The molecule has 0 atom stereocenters. The van der Waals surface area contributed by atoms with Crippen LogP contribution in [-0.2, 0) is 24.9 Å². The Morgan fingerprint density at radius 3 is 2.63 bits per heavy atom. The topological polar surface area (TPSA) is 150 Å². The normalized spacial score (nSPS) is 11.3. The minimum Gasteiger partial charge on any atom is -0.444 e. The molecule has 0 aliphatic rings. The first kappa shape index (κ1) is 29.3. The third-order valence-electron chi connectivity index (χ3n) is 5.97.